The van der Waals surface area contributed by atoms with Gasteiger partial charge < -0.3 is 15.1 Å². The van der Waals surface area contributed by atoms with Crippen molar-refractivity contribution >= 4 is 41.7 Å². The first kappa shape index (κ1) is 21.6. The average Bonchev–Trinajstić information content (AvgIpc) is 3.12. The first-order chi connectivity index (χ1) is 11.8. The smallest absolute Gasteiger partial charge is 0.193 e. The monoisotopic (exact) mass is 480 g/mol. The van der Waals surface area contributed by atoms with Crippen LogP contribution < -0.4 is 5.32 Å². The zero-order valence-electron chi connectivity index (χ0n) is 16.0. The number of thioether (sulfide) groups is 1. The van der Waals surface area contributed by atoms with E-state index >= 15 is 0 Å². The Morgan fingerprint density at radius 3 is 2.52 bits per heavy atom. The van der Waals surface area contributed by atoms with Crippen LogP contribution in [-0.4, -0.2) is 72.6 Å². The first-order valence-electron chi connectivity index (χ1n) is 10.1. The van der Waals surface area contributed by atoms with Crippen LogP contribution >= 0.6 is 35.7 Å². The van der Waals surface area contributed by atoms with E-state index in [4.69, 9.17) is 0 Å². The number of nitrogens with zero attached hydrogens (tertiary/aromatic N) is 3. The molecule has 0 radical (unpaired) electrons. The van der Waals surface area contributed by atoms with Crippen molar-refractivity contribution in [3.8, 4) is 0 Å². The van der Waals surface area contributed by atoms with Gasteiger partial charge in [-0.05, 0) is 58.2 Å². The Kier molecular flexibility index (Phi) is 9.70. The molecule has 1 spiro atoms. The predicted molar refractivity (Wildman–Crippen MR) is 122 cm³/mol. The molecule has 0 aromatic heterocycles. The summed E-state index contributed by atoms with van der Waals surface area (Å²) in [7, 11) is 1.95. The molecule has 0 amide bonds. The number of aliphatic imine (C=N–C) groups is 1. The number of guanidine groups is 1. The third-order valence-corrected chi connectivity index (χ3v) is 7.44. The van der Waals surface area contributed by atoms with E-state index in [0.717, 1.165) is 19.0 Å². The summed E-state index contributed by atoms with van der Waals surface area (Å²) in [6.07, 6.45) is 12.5. The Hall–Kier alpha value is 0.310. The summed E-state index contributed by atoms with van der Waals surface area (Å²) in [6.45, 7) is 7.34. The van der Waals surface area contributed by atoms with Crippen LogP contribution in [0, 0.1) is 0 Å². The van der Waals surface area contributed by atoms with Crippen molar-refractivity contribution in [1.29, 1.82) is 0 Å². The van der Waals surface area contributed by atoms with Crippen LogP contribution in [0.5, 0.6) is 0 Å². The van der Waals surface area contributed by atoms with E-state index in [2.05, 4.69) is 31.9 Å². The van der Waals surface area contributed by atoms with Gasteiger partial charge in [0, 0.05) is 37.2 Å². The topological polar surface area (TPSA) is 30.9 Å². The molecule has 2 saturated heterocycles. The number of halogens is 1. The summed E-state index contributed by atoms with van der Waals surface area (Å²) in [5, 5.41) is 3.63. The summed E-state index contributed by atoms with van der Waals surface area (Å²) in [5.74, 6) is 2.40. The highest BCUT2D eigenvalue weighted by atomic mass is 127. The van der Waals surface area contributed by atoms with E-state index in [1.165, 1.54) is 89.7 Å². The molecule has 2 aliphatic heterocycles. The molecule has 0 bridgehead atoms. The van der Waals surface area contributed by atoms with Crippen LogP contribution in [0.3, 0.4) is 0 Å². The third-order valence-electron chi connectivity index (χ3n) is 5.91. The quantitative estimate of drug-likeness (QED) is 0.281. The van der Waals surface area contributed by atoms with E-state index in [-0.39, 0.29) is 24.0 Å². The number of hydrogen-bond donors (Lipinski definition) is 1. The van der Waals surface area contributed by atoms with E-state index in [1.807, 2.05) is 7.05 Å². The van der Waals surface area contributed by atoms with Gasteiger partial charge in [0.15, 0.2) is 5.96 Å². The number of nitrogens with one attached hydrogen (secondary N) is 1. The highest BCUT2D eigenvalue weighted by molar-refractivity contribution is 14.0. The van der Waals surface area contributed by atoms with E-state index < -0.39 is 0 Å². The molecule has 1 N–H and O–H groups in total. The van der Waals surface area contributed by atoms with Gasteiger partial charge in [0.05, 0.1) is 0 Å². The van der Waals surface area contributed by atoms with Gasteiger partial charge >= 0.3 is 0 Å². The van der Waals surface area contributed by atoms with E-state index in [9.17, 15) is 0 Å². The molecule has 1 aliphatic carbocycles. The maximum Gasteiger partial charge on any atom is 0.193 e. The fourth-order valence-electron chi connectivity index (χ4n) is 4.52. The van der Waals surface area contributed by atoms with E-state index in [0.29, 0.717) is 4.75 Å². The van der Waals surface area contributed by atoms with Crippen molar-refractivity contribution < 1.29 is 0 Å². The molecule has 1 saturated carbocycles. The first-order valence-corrected chi connectivity index (χ1v) is 11.1. The fourth-order valence-corrected chi connectivity index (χ4v) is 6.09. The average molecular weight is 481 g/mol. The van der Waals surface area contributed by atoms with Crippen LogP contribution in [0.1, 0.15) is 57.8 Å². The highest BCUT2D eigenvalue weighted by Crippen LogP contribution is 2.42. The molecule has 25 heavy (non-hydrogen) atoms. The van der Waals surface area contributed by atoms with Gasteiger partial charge in [-0.15, -0.1) is 24.0 Å². The lowest BCUT2D eigenvalue weighted by atomic mass is 9.87. The molecule has 3 rings (SSSR count). The van der Waals surface area contributed by atoms with Gasteiger partial charge in [0.25, 0.3) is 0 Å². The summed E-state index contributed by atoms with van der Waals surface area (Å²) >= 11 is 2.23. The van der Waals surface area contributed by atoms with Crippen LogP contribution in [0.2, 0.25) is 0 Å². The second kappa shape index (κ2) is 11.2. The summed E-state index contributed by atoms with van der Waals surface area (Å²) in [5.41, 5.74) is 0. The number of hydrogen-bond acceptors (Lipinski definition) is 3. The van der Waals surface area contributed by atoms with Crippen molar-refractivity contribution in [2.45, 2.75) is 62.5 Å². The van der Waals surface area contributed by atoms with Gasteiger partial charge in [-0.2, -0.15) is 11.8 Å². The molecule has 0 aromatic rings. The van der Waals surface area contributed by atoms with E-state index in [1.54, 1.807) is 0 Å². The minimum Gasteiger partial charge on any atom is -0.356 e. The molecule has 0 unspecified atom stereocenters. The molecular weight excluding hydrogens is 443 g/mol. The molecule has 6 heteroatoms. The van der Waals surface area contributed by atoms with Crippen LogP contribution in [0.4, 0.5) is 0 Å². The van der Waals surface area contributed by atoms with Crippen molar-refractivity contribution in [2.24, 2.45) is 4.99 Å². The molecule has 2 heterocycles. The summed E-state index contributed by atoms with van der Waals surface area (Å²) in [4.78, 5) is 9.72. The number of rotatable bonds is 5. The Labute approximate surface area is 176 Å². The van der Waals surface area contributed by atoms with Crippen molar-refractivity contribution in [1.82, 2.24) is 15.1 Å². The lowest BCUT2D eigenvalue weighted by Gasteiger charge is -2.45. The maximum atomic E-state index is 4.58. The standard InChI is InChI=1S/C19H36N4S.HI/c1-20-18(21-11-5-6-12-22-13-7-8-14-22)23-15-16-24-19(17-23)9-3-2-4-10-19;/h2-17H2,1H3,(H,20,21);1H. The van der Waals surface area contributed by atoms with Gasteiger partial charge in [-0.3, -0.25) is 4.99 Å². The van der Waals surface area contributed by atoms with Gasteiger partial charge in [0.2, 0.25) is 0 Å². The summed E-state index contributed by atoms with van der Waals surface area (Å²) < 4.78 is 0.518. The second-order valence-electron chi connectivity index (χ2n) is 7.74. The van der Waals surface area contributed by atoms with Crippen LogP contribution in [0.25, 0.3) is 0 Å². The SMILES string of the molecule is CN=C(NCCCCN1CCCC1)N1CCSC2(CCCCC2)C1.I. The van der Waals surface area contributed by atoms with Crippen LogP contribution in [0.15, 0.2) is 4.99 Å². The molecule has 4 nitrogen and oxygen atoms in total. The third kappa shape index (κ3) is 6.45. The van der Waals surface area contributed by atoms with Crippen LogP contribution in [-0.2, 0) is 0 Å². The Bertz CT molecular complexity index is 401. The molecule has 0 atom stereocenters. The normalized spacial score (nSPS) is 24.4. The second-order valence-corrected chi connectivity index (χ2v) is 9.31. The molecule has 3 fully saturated rings. The molecule has 3 aliphatic rings. The predicted octanol–water partition coefficient (Wildman–Crippen LogP) is 3.81. The fraction of sp³-hybridized carbons (Fsp3) is 0.947. The molecule has 0 aromatic carbocycles. The zero-order valence-corrected chi connectivity index (χ0v) is 19.1. The Morgan fingerprint density at radius 1 is 1.04 bits per heavy atom. The number of likely N-dealkylation sites (tertiary alicyclic amines) is 1. The summed E-state index contributed by atoms with van der Waals surface area (Å²) in [6, 6.07) is 0. The Balaban J connectivity index is 0.00000225. The lowest BCUT2D eigenvalue weighted by Crippen LogP contribution is -2.53. The molecular formula is C19H37IN4S. The van der Waals surface area contributed by atoms with Gasteiger partial charge in [-0.1, -0.05) is 19.3 Å². The van der Waals surface area contributed by atoms with Crippen molar-refractivity contribution in [3.63, 3.8) is 0 Å². The van der Waals surface area contributed by atoms with Gasteiger partial charge in [-0.25, -0.2) is 0 Å². The lowest BCUT2D eigenvalue weighted by molar-refractivity contribution is 0.292. The minimum absolute atomic E-state index is 0. The largest absolute Gasteiger partial charge is 0.356 e. The van der Waals surface area contributed by atoms with Crippen molar-refractivity contribution in [2.75, 3.05) is 52.1 Å². The molecule has 146 valence electrons. The number of unbranched alkanes of at least 4 members (excludes halogenated alkanes) is 1. The minimum atomic E-state index is 0. The highest BCUT2D eigenvalue weighted by Gasteiger charge is 2.38. The zero-order chi connectivity index (χ0) is 16.7. The maximum absolute atomic E-state index is 4.58. The van der Waals surface area contributed by atoms with Gasteiger partial charge in [0.1, 0.15) is 0 Å². The Morgan fingerprint density at radius 2 is 1.80 bits per heavy atom. The van der Waals surface area contributed by atoms with Crippen molar-refractivity contribution in [3.05, 3.63) is 0 Å².